The number of hydrogen-bond donors (Lipinski definition) is 0. The van der Waals surface area contributed by atoms with E-state index in [4.69, 9.17) is 17.0 Å². The molecule has 1 heterocycles. The largest absolute Gasteiger partial charge is 0.471 e. The second-order valence-electron chi connectivity index (χ2n) is 1.99. The summed E-state index contributed by atoms with van der Waals surface area (Å²) in [6.07, 6.45) is 0.604. The molecule has 1 amide bonds. The second kappa shape index (κ2) is 2.96. The molecule has 0 unspecified atom stereocenters. The molecule has 0 aromatic heterocycles. The van der Waals surface area contributed by atoms with Crippen LogP contribution < -0.4 is 0 Å². The lowest BCUT2D eigenvalue weighted by Crippen LogP contribution is -2.47. The first-order valence-corrected chi connectivity index (χ1v) is 3.63. The van der Waals surface area contributed by atoms with Gasteiger partial charge >= 0.3 is 0 Å². The van der Waals surface area contributed by atoms with Crippen molar-refractivity contribution in [1.29, 1.82) is 0 Å². The number of amides is 1. The average Bonchev–Trinajstić information content (AvgIpc) is 1.85. The molecule has 1 aliphatic rings. The van der Waals surface area contributed by atoms with Gasteiger partial charge in [0.15, 0.2) is 0 Å². The van der Waals surface area contributed by atoms with Gasteiger partial charge in [-0.05, 0) is 19.1 Å². The molecule has 3 nitrogen and oxygen atoms in total. The van der Waals surface area contributed by atoms with Crippen molar-refractivity contribution in [2.24, 2.45) is 0 Å². The van der Waals surface area contributed by atoms with E-state index in [0.717, 1.165) is 6.54 Å². The molecule has 1 saturated heterocycles. The molecule has 4 heteroatoms. The predicted octanol–water partition coefficient (Wildman–Crippen LogP) is 0.540. The summed E-state index contributed by atoms with van der Waals surface area (Å²) in [4.78, 5) is 12.2. The Morgan fingerprint density at radius 3 is 2.90 bits per heavy atom. The summed E-state index contributed by atoms with van der Waals surface area (Å²) in [6.45, 7) is 3.09. The van der Waals surface area contributed by atoms with Crippen molar-refractivity contribution in [1.82, 2.24) is 4.90 Å². The van der Waals surface area contributed by atoms with Crippen molar-refractivity contribution in [2.75, 3.05) is 13.2 Å². The summed E-state index contributed by atoms with van der Waals surface area (Å²) in [7, 11) is 0. The smallest absolute Gasteiger partial charge is 0.266 e. The monoisotopic (exact) mass is 159 g/mol. The fourth-order valence-electron chi connectivity index (χ4n) is 0.709. The topological polar surface area (TPSA) is 29.5 Å². The number of carbonyl (C=O) groups excluding carboxylic acids is 1. The van der Waals surface area contributed by atoms with E-state index in [9.17, 15) is 4.79 Å². The van der Waals surface area contributed by atoms with Gasteiger partial charge in [-0.15, -0.1) is 0 Å². The minimum Gasteiger partial charge on any atom is -0.471 e. The first-order chi connectivity index (χ1) is 4.75. The number of ether oxygens (including phenoxy) is 1. The number of nitrogens with zero attached hydrogens (tertiary/aromatic N) is 1. The molecule has 0 atom stereocenters. The maximum atomic E-state index is 10.7. The van der Waals surface area contributed by atoms with Gasteiger partial charge in [0.05, 0.1) is 6.61 Å². The maximum Gasteiger partial charge on any atom is 0.266 e. The second-order valence-corrected chi connectivity index (χ2v) is 2.34. The molecule has 0 radical (unpaired) electrons. The summed E-state index contributed by atoms with van der Waals surface area (Å²) in [5, 5.41) is 0.318. The highest BCUT2D eigenvalue weighted by molar-refractivity contribution is 7.80. The molecule has 56 valence electrons. The normalized spacial score (nSPS) is 16.5. The van der Waals surface area contributed by atoms with E-state index >= 15 is 0 Å². The van der Waals surface area contributed by atoms with E-state index in [2.05, 4.69) is 0 Å². The fourth-order valence-corrected chi connectivity index (χ4v) is 1.02. The Bertz CT molecular complexity index is 169. The Labute approximate surface area is 65.0 Å². The maximum absolute atomic E-state index is 10.7. The Hall–Kier alpha value is -0.640. The van der Waals surface area contributed by atoms with Crippen molar-refractivity contribution >= 4 is 23.3 Å². The number of β-lactam (4-membered cyclic amide) rings is 1. The summed E-state index contributed by atoms with van der Waals surface area (Å²) in [5.74, 6) is 0.0680. The van der Waals surface area contributed by atoms with E-state index in [-0.39, 0.29) is 5.91 Å². The lowest BCUT2D eigenvalue weighted by Gasteiger charge is -2.29. The highest BCUT2D eigenvalue weighted by Gasteiger charge is 2.27. The van der Waals surface area contributed by atoms with Gasteiger partial charge < -0.3 is 4.74 Å². The van der Waals surface area contributed by atoms with Crippen LogP contribution in [0.5, 0.6) is 0 Å². The van der Waals surface area contributed by atoms with Gasteiger partial charge in [-0.2, -0.15) is 0 Å². The Kier molecular flexibility index (Phi) is 2.21. The molecule has 0 saturated carbocycles. The zero-order valence-electron chi connectivity index (χ0n) is 5.79. The van der Waals surface area contributed by atoms with E-state index in [1.807, 2.05) is 6.92 Å². The zero-order chi connectivity index (χ0) is 7.56. The number of hydrogen-bond acceptors (Lipinski definition) is 3. The van der Waals surface area contributed by atoms with Gasteiger partial charge in [0, 0.05) is 13.0 Å². The molecule has 1 aliphatic heterocycles. The molecule has 0 N–H and O–H groups in total. The van der Waals surface area contributed by atoms with Crippen LogP contribution in [0.15, 0.2) is 0 Å². The van der Waals surface area contributed by atoms with Crippen LogP contribution in [0.1, 0.15) is 13.3 Å². The minimum absolute atomic E-state index is 0.0680. The highest BCUT2D eigenvalue weighted by Crippen LogP contribution is 2.09. The van der Waals surface area contributed by atoms with Crippen LogP contribution >= 0.6 is 12.2 Å². The molecule has 0 aromatic carbocycles. The Morgan fingerprint density at radius 2 is 2.60 bits per heavy atom. The Morgan fingerprint density at radius 1 is 1.90 bits per heavy atom. The van der Waals surface area contributed by atoms with E-state index in [0.29, 0.717) is 18.2 Å². The standard InChI is InChI=1S/C6H9NO2S/c1-2-9-6(10)7-4-3-5(7)8/h2-4H2,1H3. The van der Waals surface area contributed by atoms with Gasteiger partial charge in [-0.1, -0.05) is 0 Å². The van der Waals surface area contributed by atoms with Crippen LogP contribution in [0.25, 0.3) is 0 Å². The van der Waals surface area contributed by atoms with Gasteiger partial charge in [0.1, 0.15) is 0 Å². The van der Waals surface area contributed by atoms with Crippen molar-refractivity contribution in [3.63, 3.8) is 0 Å². The SMILES string of the molecule is CCOC(=S)N1CCC1=O. The third-order valence-corrected chi connectivity index (χ3v) is 1.68. The summed E-state index contributed by atoms with van der Waals surface area (Å²) in [6, 6.07) is 0. The molecule has 10 heavy (non-hydrogen) atoms. The minimum atomic E-state index is 0.0680. The number of carbonyl (C=O) groups is 1. The van der Waals surface area contributed by atoms with Crippen LogP contribution in [0.3, 0.4) is 0 Å². The van der Waals surface area contributed by atoms with Crippen LogP contribution in [-0.2, 0) is 9.53 Å². The van der Waals surface area contributed by atoms with Crippen LogP contribution in [0.4, 0.5) is 0 Å². The van der Waals surface area contributed by atoms with Crippen molar-refractivity contribution in [3.05, 3.63) is 0 Å². The summed E-state index contributed by atoms with van der Waals surface area (Å²) >= 11 is 4.79. The highest BCUT2D eigenvalue weighted by atomic mass is 32.1. The third-order valence-electron chi connectivity index (χ3n) is 1.34. The molecule has 1 rings (SSSR count). The Balaban J connectivity index is 2.34. The zero-order valence-corrected chi connectivity index (χ0v) is 6.61. The first-order valence-electron chi connectivity index (χ1n) is 3.23. The summed E-state index contributed by atoms with van der Waals surface area (Å²) < 4.78 is 4.95. The van der Waals surface area contributed by atoms with Crippen molar-refractivity contribution in [2.45, 2.75) is 13.3 Å². The molecular weight excluding hydrogens is 150 g/mol. The number of thiocarbonyl (C=S) groups is 1. The van der Waals surface area contributed by atoms with Crippen LogP contribution in [-0.4, -0.2) is 29.1 Å². The molecular formula is C6H9NO2S. The van der Waals surface area contributed by atoms with Gasteiger partial charge in [0.2, 0.25) is 5.91 Å². The molecule has 1 fully saturated rings. The average molecular weight is 159 g/mol. The van der Waals surface area contributed by atoms with E-state index in [1.54, 1.807) is 0 Å². The number of rotatable bonds is 1. The lowest BCUT2D eigenvalue weighted by molar-refractivity contribution is -0.135. The van der Waals surface area contributed by atoms with Crippen molar-refractivity contribution < 1.29 is 9.53 Å². The first kappa shape index (κ1) is 7.47. The molecule has 0 bridgehead atoms. The van der Waals surface area contributed by atoms with Gasteiger partial charge in [0.25, 0.3) is 5.17 Å². The fraction of sp³-hybridized carbons (Fsp3) is 0.667. The van der Waals surface area contributed by atoms with Crippen molar-refractivity contribution in [3.8, 4) is 0 Å². The third kappa shape index (κ3) is 1.26. The van der Waals surface area contributed by atoms with Gasteiger partial charge in [-0.3, -0.25) is 9.69 Å². The predicted molar refractivity (Wildman–Crippen MR) is 40.6 cm³/mol. The number of likely N-dealkylation sites (tertiary alicyclic amines) is 1. The van der Waals surface area contributed by atoms with Gasteiger partial charge in [-0.25, -0.2) is 0 Å². The molecule has 0 spiro atoms. The molecule has 0 aliphatic carbocycles. The molecule has 0 aromatic rings. The van der Waals surface area contributed by atoms with E-state index in [1.165, 1.54) is 4.90 Å². The quantitative estimate of drug-likeness (QED) is 0.413. The van der Waals surface area contributed by atoms with E-state index < -0.39 is 0 Å². The summed E-state index contributed by atoms with van der Waals surface area (Å²) in [5.41, 5.74) is 0. The van der Waals surface area contributed by atoms with Crippen LogP contribution in [0.2, 0.25) is 0 Å². The lowest BCUT2D eigenvalue weighted by atomic mass is 10.2. The van der Waals surface area contributed by atoms with Crippen LogP contribution in [0, 0.1) is 0 Å².